The fraction of sp³-hybridized carbons (Fsp3) is 0.857. The highest BCUT2D eigenvalue weighted by atomic mass is 16.6. The van der Waals surface area contributed by atoms with Crippen molar-refractivity contribution < 1.29 is 19.4 Å². The highest BCUT2D eigenvalue weighted by Crippen LogP contribution is 1.79. The molecule has 0 fully saturated rings. The molecule has 0 rings (SSSR count). The lowest BCUT2D eigenvalue weighted by Gasteiger charge is -2.04. The van der Waals surface area contributed by atoms with E-state index >= 15 is 0 Å². The van der Waals surface area contributed by atoms with Gasteiger partial charge in [-0.15, -0.1) is 0 Å². The van der Waals surface area contributed by atoms with Crippen LogP contribution in [0.3, 0.4) is 0 Å². The van der Waals surface area contributed by atoms with E-state index in [1.54, 1.807) is 0 Å². The average molecular weight is 177 g/mol. The molecule has 5 nitrogen and oxygen atoms in total. The Morgan fingerprint density at radius 1 is 1.50 bits per heavy atom. The summed E-state index contributed by atoms with van der Waals surface area (Å²) in [5, 5.41) is 10.7. The van der Waals surface area contributed by atoms with Crippen LogP contribution in [0.2, 0.25) is 0 Å². The van der Waals surface area contributed by atoms with Gasteiger partial charge in [0.2, 0.25) is 0 Å². The lowest BCUT2D eigenvalue weighted by molar-refractivity contribution is 0.0782. The van der Waals surface area contributed by atoms with E-state index in [1.807, 2.05) is 6.92 Å². The Morgan fingerprint density at radius 2 is 2.25 bits per heavy atom. The van der Waals surface area contributed by atoms with Crippen LogP contribution in [0.4, 0.5) is 4.79 Å². The zero-order valence-corrected chi connectivity index (χ0v) is 7.21. The van der Waals surface area contributed by atoms with Gasteiger partial charge >= 0.3 is 6.09 Å². The van der Waals surface area contributed by atoms with Gasteiger partial charge in [0, 0.05) is 13.2 Å². The van der Waals surface area contributed by atoms with Crippen molar-refractivity contribution in [2.75, 3.05) is 33.0 Å². The number of amides is 1. The molecule has 1 amide bonds. The van der Waals surface area contributed by atoms with Gasteiger partial charge in [0.25, 0.3) is 0 Å². The van der Waals surface area contributed by atoms with Crippen LogP contribution in [0.1, 0.15) is 6.92 Å². The number of hydrogen-bond acceptors (Lipinski definition) is 4. The van der Waals surface area contributed by atoms with Gasteiger partial charge in [0.15, 0.2) is 0 Å². The Morgan fingerprint density at radius 3 is 2.83 bits per heavy atom. The van der Waals surface area contributed by atoms with Crippen molar-refractivity contribution in [1.82, 2.24) is 5.32 Å². The maximum atomic E-state index is 10.7. The van der Waals surface area contributed by atoms with Gasteiger partial charge in [-0.2, -0.15) is 0 Å². The molecule has 2 N–H and O–H groups in total. The summed E-state index contributed by atoms with van der Waals surface area (Å²) < 4.78 is 9.59. The summed E-state index contributed by atoms with van der Waals surface area (Å²) in [4.78, 5) is 10.7. The van der Waals surface area contributed by atoms with Gasteiger partial charge in [-0.25, -0.2) is 4.79 Å². The van der Waals surface area contributed by atoms with Gasteiger partial charge in [-0.1, -0.05) is 0 Å². The fourth-order valence-electron chi connectivity index (χ4n) is 0.547. The summed E-state index contributed by atoms with van der Waals surface area (Å²) in [6.07, 6.45) is -0.524. The highest BCUT2D eigenvalue weighted by Gasteiger charge is 1.98. The molecule has 0 saturated heterocycles. The predicted octanol–water partition coefficient (Wildman–Crippen LogP) is -0.259. The van der Waals surface area contributed by atoms with E-state index in [4.69, 9.17) is 9.84 Å². The van der Waals surface area contributed by atoms with Gasteiger partial charge < -0.3 is 19.9 Å². The molecular formula is C7H15NO4. The van der Waals surface area contributed by atoms with Crippen LogP contribution in [-0.2, 0) is 9.47 Å². The number of nitrogens with one attached hydrogen (secondary N) is 1. The van der Waals surface area contributed by atoms with Crippen molar-refractivity contribution in [2.45, 2.75) is 6.92 Å². The van der Waals surface area contributed by atoms with Crippen molar-refractivity contribution in [3.8, 4) is 0 Å². The standard InChI is InChI=1S/C7H15NO4/c1-2-11-5-6-12-7(10)8-3-4-9/h9H,2-6H2,1H3,(H,8,10). The first-order valence-electron chi connectivity index (χ1n) is 3.90. The number of carbonyl (C=O) groups excluding carboxylic acids is 1. The topological polar surface area (TPSA) is 67.8 Å². The Hall–Kier alpha value is -0.810. The summed E-state index contributed by atoms with van der Waals surface area (Å²) in [6, 6.07) is 0. The second kappa shape index (κ2) is 8.29. The fourth-order valence-corrected chi connectivity index (χ4v) is 0.547. The van der Waals surface area contributed by atoms with E-state index in [0.29, 0.717) is 13.2 Å². The molecule has 0 aromatic carbocycles. The molecule has 0 atom stereocenters. The van der Waals surface area contributed by atoms with Crippen LogP contribution in [0.15, 0.2) is 0 Å². The van der Waals surface area contributed by atoms with Crippen LogP contribution in [0.5, 0.6) is 0 Å². The van der Waals surface area contributed by atoms with E-state index in [2.05, 4.69) is 10.1 Å². The number of aliphatic hydroxyl groups is 1. The van der Waals surface area contributed by atoms with Crippen molar-refractivity contribution in [3.05, 3.63) is 0 Å². The molecule has 0 aliphatic heterocycles. The van der Waals surface area contributed by atoms with Crippen molar-refractivity contribution in [1.29, 1.82) is 0 Å². The first-order valence-corrected chi connectivity index (χ1v) is 3.90. The summed E-state index contributed by atoms with van der Waals surface area (Å²) in [7, 11) is 0. The van der Waals surface area contributed by atoms with Gasteiger partial charge in [0.05, 0.1) is 13.2 Å². The molecule has 5 heteroatoms. The normalized spacial score (nSPS) is 9.50. The molecule has 12 heavy (non-hydrogen) atoms. The lowest BCUT2D eigenvalue weighted by Crippen LogP contribution is -2.28. The first-order chi connectivity index (χ1) is 5.81. The van der Waals surface area contributed by atoms with Crippen LogP contribution < -0.4 is 5.32 Å². The van der Waals surface area contributed by atoms with E-state index in [9.17, 15) is 4.79 Å². The van der Waals surface area contributed by atoms with Gasteiger partial charge in [0.1, 0.15) is 6.61 Å². The second-order valence-electron chi connectivity index (χ2n) is 1.98. The molecule has 0 aromatic rings. The third-order valence-corrected chi connectivity index (χ3v) is 1.05. The monoisotopic (exact) mass is 177 g/mol. The molecule has 72 valence electrons. The number of aliphatic hydroxyl groups excluding tert-OH is 1. The SMILES string of the molecule is CCOCCOC(=O)NCCO. The van der Waals surface area contributed by atoms with Crippen LogP contribution in [0.25, 0.3) is 0 Å². The Labute approximate surface area is 71.7 Å². The average Bonchev–Trinajstić information content (AvgIpc) is 2.09. The maximum absolute atomic E-state index is 10.7. The molecule has 0 spiro atoms. The summed E-state index contributed by atoms with van der Waals surface area (Å²) in [5.74, 6) is 0. The molecule has 0 unspecified atom stereocenters. The number of rotatable bonds is 6. The minimum Gasteiger partial charge on any atom is -0.447 e. The predicted molar refractivity (Wildman–Crippen MR) is 42.9 cm³/mol. The molecule has 0 heterocycles. The quantitative estimate of drug-likeness (QED) is 0.548. The zero-order chi connectivity index (χ0) is 9.23. The number of ether oxygens (including phenoxy) is 2. The zero-order valence-electron chi connectivity index (χ0n) is 7.21. The third kappa shape index (κ3) is 7.30. The third-order valence-electron chi connectivity index (χ3n) is 1.05. The molecule has 0 aromatic heterocycles. The largest absolute Gasteiger partial charge is 0.447 e. The number of hydrogen-bond donors (Lipinski definition) is 2. The molecule has 0 radical (unpaired) electrons. The summed E-state index contributed by atoms with van der Waals surface area (Å²) in [5.41, 5.74) is 0. The van der Waals surface area contributed by atoms with Gasteiger partial charge in [-0.05, 0) is 6.92 Å². The van der Waals surface area contributed by atoms with E-state index < -0.39 is 6.09 Å². The molecule has 0 bridgehead atoms. The van der Waals surface area contributed by atoms with Crippen molar-refractivity contribution in [2.24, 2.45) is 0 Å². The Balaban J connectivity index is 3.08. The number of carbonyl (C=O) groups is 1. The number of alkyl carbamates (subject to hydrolysis) is 1. The van der Waals surface area contributed by atoms with Gasteiger partial charge in [-0.3, -0.25) is 0 Å². The molecule has 0 aliphatic carbocycles. The van der Waals surface area contributed by atoms with Crippen LogP contribution in [-0.4, -0.2) is 44.2 Å². The first kappa shape index (κ1) is 11.2. The minimum atomic E-state index is -0.524. The van der Waals surface area contributed by atoms with Crippen LogP contribution >= 0.6 is 0 Å². The van der Waals surface area contributed by atoms with E-state index in [-0.39, 0.29) is 19.8 Å². The summed E-state index contributed by atoms with van der Waals surface area (Å²) >= 11 is 0. The smallest absolute Gasteiger partial charge is 0.407 e. The summed E-state index contributed by atoms with van der Waals surface area (Å²) in [6.45, 7) is 3.26. The Kier molecular flexibility index (Phi) is 7.73. The van der Waals surface area contributed by atoms with E-state index in [1.165, 1.54) is 0 Å². The van der Waals surface area contributed by atoms with Crippen molar-refractivity contribution in [3.63, 3.8) is 0 Å². The highest BCUT2D eigenvalue weighted by molar-refractivity contribution is 5.66. The second-order valence-corrected chi connectivity index (χ2v) is 1.98. The minimum absolute atomic E-state index is 0.0828. The molecule has 0 aliphatic rings. The lowest BCUT2D eigenvalue weighted by atomic mass is 10.7. The molecular weight excluding hydrogens is 162 g/mol. The maximum Gasteiger partial charge on any atom is 0.407 e. The van der Waals surface area contributed by atoms with Crippen LogP contribution in [0, 0.1) is 0 Å². The Bertz CT molecular complexity index is 118. The van der Waals surface area contributed by atoms with Crippen molar-refractivity contribution >= 4 is 6.09 Å². The van der Waals surface area contributed by atoms with E-state index in [0.717, 1.165) is 0 Å². The molecule has 0 saturated carbocycles.